The molecule has 0 fully saturated rings. The second-order valence-corrected chi connectivity index (χ2v) is 7.15. The molecule has 0 aliphatic heterocycles. The zero-order valence-electron chi connectivity index (χ0n) is 14.9. The van der Waals surface area contributed by atoms with Crippen LogP contribution in [0.25, 0.3) is 5.82 Å². The number of amides is 1. The van der Waals surface area contributed by atoms with Gasteiger partial charge in [0, 0.05) is 18.1 Å². The Bertz CT molecular complexity index is 960. The molecule has 0 radical (unpaired) electrons. The maximum atomic E-state index is 12.7. The highest BCUT2D eigenvalue weighted by Crippen LogP contribution is 2.29. The van der Waals surface area contributed by atoms with E-state index in [-0.39, 0.29) is 11.7 Å². The van der Waals surface area contributed by atoms with Crippen LogP contribution >= 0.6 is 11.3 Å². The Morgan fingerprint density at radius 2 is 1.96 bits per heavy atom. The number of carbonyl (C=O) groups excluding carboxylic acids is 1. The summed E-state index contributed by atoms with van der Waals surface area (Å²) in [4.78, 5) is 19.3. The zero-order chi connectivity index (χ0) is 19.8. The summed E-state index contributed by atoms with van der Waals surface area (Å²) < 4.78 is 39.4. The van der Waals surface area contributed by atoms with Gasteiger partial charge in [0.15, 0.2) is 5.82 Å². The van der Waals surface area contributed by atoms with Gasteiger partial charge in [-0.3, -0.25) is 4.79 Å². The predicted octanol–water partition coefficient (Wildman–Crippen LogP) is 4.24. The Labute approximate surface area is 158 Å². The number of nitrogens with zero attached hydrogens (tertiary/aromatic N) is 4. The van der Waals surface area contributed by atoms with Crippen LogP contribution in [0.4, 0.5) is 13.2 Å². The molecule has 9 heteroatoms. The summed E-state index contributed by atoms with van der Waals surface area (Å²) in [7, 11) is 1.70. The van der Waals surface area contributed by atoms with E-state index in [1.807, 2.05) is 18.4 Å². The molecule has 142 valence electrons. The van der Waals surface area contributed by atoms with Gasteiger partial charge in [0.2, 0.25) is 0 Å². The lowest BCUT2D eigenvalue weighted by Gasteiger charge is -2.16. The van der Waals surface area contributed by atoms with E-state index < -0.39 is 11.7 Å². The van der Waals surface area contributed by atoms with E-state index in [0.29, 0.717) is 17.8 Å². The van der Waals surface area contributed by atoms with E-state index in [1.165, 1.54) is 16.9 Å². The van der Waals surface area contributed by atoms with Gasteiger partial charge in [0.05, 0.1) is 29.6 Å². The van der Waals surface area contributed by atoms with E-state index in [4.69, 9.17) is 0 Å². The van der Waals surface area contributed by atoms with E-state index in [1.54, 1.807) is 30.2 Å². The van der Waals surface area contributed by atoms with E-state index >= 15 is 0 Å². The minimum atomic E-state index is -4.45. The molecule has 0 aliphatic rings. The van der Waals surface area contributed by atoms with Crippen LogP contribution in [0, 0.1) is 13.8 Å². The Morgan fingerprint density at radius 3 is 2.52 bits per heavy atom. The number of thiophene rings is 1. The highest BCUT2D eigenvalue weighted by molar-refractivity contribution is 7.10. The number of carbonyl (C=O) groups is 1. The van der Waals surface area contributed by atoms with Crippen LogP contribution in [0.2, 0.25) is 0 Å². The fourth-order valence-corrected chi connectivity index (χ4v) is 3.55. The van der Waals surface area contributed by atoms with Crippen molar-refractivity contribution >= 4 is 17.2 Å². The average Bonchev–Trinajstić information content (AvgIpc) is 3.19. The van der Waals surface area contributed by atoms with Crippen molar-refractivity contribution in [2.24, 2.45) is 0 Å². The molecular formula is C18H17F3N4OS. The number of halogens is 3. The number of aryl methyl sites for hydroxylation is 1. The van der Waals surface area contributed by atoms with E-state index in [9.17, 15) is 18.0 Å². The van der Waals surface area contributed by atoms with Gasteiger partial charge in [0.1, 0.15) is 0 Å². The first kappa shape index (κ1) is 19.1. The predicted molar refractivity (Wildman–Crippen MR) is 96.0 cm³/mol. The molecular weight excluding hydrogens is 377 g/mol. The summed E-state index contributed by atoms with van der Waals surface area (Å²) in [6, 6.07) is 4.17. The van der Waals surface area contributed by atoms with Gasteiger partial charge in [-0.05, 0) is 43.0 Å². The Balaban J connectivity index is 1.82. The van der Waals surface area contributed by atoms with Crippen molar-refractivity contribution in [2.75, 3.05) is 7.05 Å². The van der Waals surface area contributed by atoms with Crippen LogP contribution in [0.15, 0.2) is 36.0 Å². The molecule has 3 rings (SSSR count). The second kappa shape index (κ2) is 7.15. The van der Waals surface area contributed by atoms with Gasteiger partial charge in [-0.25, -0.2) is 9.67 Å². The minimum absolute atomic E-state index is 0.210. The van der Waals surface area contributed by atoms with Crippen molar-refractivity contribution in [3.05, 3.63) is 63.2 Å². The van der Waals surface area contributed by atoms with Crippen molar-refractivity contribution in [3.63, 3.8) is 0 Å². The monoisotopic (exact) mass is 394 g/mol. The zero-order valence-corrected chi connectivity index (χ0v) is 15.7. The van der Waals surface area contributed by atoms with Crippen molar-refractivity contribution in [1.29, 1.82) is 0 Å². The van der Waals surface area contributed by atoms with E-state index in [0.717, 1.165) is 22.7 Å². The Hall–Kier alpha value is -2.68. The van der Waals surface area contributed by atoms with E-state index in [2.05, 4.69) is 10.1 Å². The molecule has 0 N–H and O–H groups in total. The molecule has 0 saturated carbocycles. The average molecular weight is 394 g/mol. The van der Waals surface area contributed by atoms with Gasteiger partial charge in [0.25, 0.3) is 5.91 Å². The molecule has 27 heavy (non-hydrogen) atoms. The molecule has 0 bridgehead atoms. The number of hydrogen-bond acceptors (Lipinski definition) is 4. The lowest BCUT2D eigenvalue weighted by Crippen LogP contribution is -2.26. The Kier molecular flexibility index (Phi) is 5.05. The topological polar surface area (TPSA) is 51.0 Å². The van der Waals surface area contributed by atoms with Crippen LogP contribution in [-0.4, -0.2) is 32.6 Å². The van der Waals surface area contributed by atoms with Crippen LogP contribution in [0.3, 0.4) is 0 Å². The van der Waals surface area contributed by atoms with Crippen LogP contribution < -0.4 is 0 Å². The highest BCUT2D eigenvalue weighted by Gasteiger charge is 2.31. The third kappa shape index (κ3) is 3.87. The largest absolute Gasteiger partial charge is 0.417 e. The van der Waals surface area contributed by atoms with Crippen LogP contribution in [0.5, 0.6) is 0 Å². The molecule has 0 atom stereocenters. The summed E-state index contributed by atoms with van der Waals surface area (Å²) in [6.45, 7) is 4.15. The minimum Gasteiger partial charge on any atom is -0.336 e. The van der Waals surface area contributed by atoms with Crippen LogP contribution in [-0.2, 0) is 12.7 Å². The number of alkyl halides is 3. The molecule has 3 aromatic heterocycles. The van der Waals surface area contributed by atoms with Gasteiger partial charge >= 0.3 is 6.18 Å². The fraction of sp³-hybridized carbons (Fsp3) is 0.278. The summed E-state index contributed by atoms with van der Waals surface area (Å²) >= 11 is 1.58. The molecule has 0 unspecified atom stereocenters. The number of rotatable bonds is 4. The van der Waals surface area contributed by atoms with Crippen molar-refractivity contribution in [3.8, 4) is 5.82 Å². The molecule has 0 aromatic carbocycles. The van der Waals surface area contributed by atoms with Crippen molar-refractivity contribution in [2.45, 2.75) is 26.6 Å². The lowest BCUT2D eigenvalue weighted by molar-refractivity contribution is -0.137. The number of aromatic nitrogens is 3. The number of pyridine rings is 1. The van der Waals surface area contributed by atoms with Gasteiger partial charge in [-0.15, -0.1) is 11.3 Å². The quantitative estimate of drug-likeness (QED) is 0.665. The van der Waals surface area contributed by atoms with Crippen LogP contribution in [0.1, 0.15) is 32.1 Å². The molecule has 5 nitrogen and oxygen atoms in total. The third-order valence-corrected chi connectivity index (χ3v) is 5.24. The summed E-state index contributed by atoms with van der Waals surface area (Å²) in [6.07, 6.45) is -2.28. The van der Waals surface area contributed by atoms with Crippen molar-refractivity contribution in [1.82, 2.24) is 19.7 Å². The smallest absolute Gasteiger partial charge is 0.336 e. The first-order chi connectivity index (χ1) is 12.7. The third-order valence-electron chi connectivity index (χ3n) is 4.23. The standard InChI is InChI=1S/C18H17F3N4OS/c1-11-6-7-27-15(11)10-24(3)17(26)14-9-23-25(12(14)2)16-5-4-13(8-22-16)18(19,20)21/h4-9H,10H2,1-3H3. The SMILES string of the molecule is Cc1ccsc1CN(C)C(=O)c1cnn(-c2ccc(C(F)(F)F)cn2)c1C. The molecule has 0 spiro atoms. The maximum absolute atomic E-state index is 12.7. The fourth-order valence-electron chi connectivity index (χ4n) is 2.59. The molecule has 0 saturated heterocycles. The van der Waals surface area contributed by atoms with Gasteiger partial charge < -0.3 is 4.90 Å². The normalized spacial score (nSPS) is 11.6. The van der Waals surface area contributed by atoms with Crippen molar-refractivity contribution < 1.29 is 18.0 Å². The van der Waals surface area contributed by atoms with Gasteiger partial charge in [-0.1, -0.05) is 0 Å². The molecule has 1 amide bonds. The summed E-state index contributed by atoms with van der Waals surface area (Å²) in [5, 5.41) is 6.10. The maximum Gasteiger partial charge on any atom is 0.417 e. The summed E-state index contributed by atoms with van der Waals surface area (Å²) in [5.41, 5.74) is 1.19. The second-order valence-electron chi connectivity index (χ2n) is 6.15. The lowest BCUT2D eigenvalue weighted by atomic mass is 10.2. The summed E-state index contributed by atoms with van der Waals surface area (Å²) in [5.74, 6) is 0.00904. The first-order valence-electron chi connectivity index (χ1n) is 8.05. The highest BCUT2D eigenvalue weighted by atomic mass is 32.1. The van der Waals surface area contributed by atoms with Gasteiger partial charge in [-0.2, -0.15) is 18.3 Å². The molecule has 3 heterocycles. The Morgan fingerprint density at radius 1 is 1.22 bits per heavy atom. The molecule has 3 aromatic rings. The first-order valence-corrected chi connectivity index (χ1v) is 8.93. The molecule has 0 aliphatic carbocycles. The number of hydrogen-bond donors (Lipinski definition) is 0.